The zero-order valence-corrected chi connectivity index (χ0v) is 17.3. The van der Waals surface area contributed by atoms with Crippen LogP contribution in [0.4, 0.5) is 11.6 Å². The zero-order valence-electron chi connectivity index (χ0n) is 17.3. The normalized spacial score (nSPS) is 18.6. The Labute approximate surface area is 180 Å². The van der Waals surface area contributed by atoms with Crippen LogP contribution in [0.2, 0.25) is 0 Å². The van der Waals surface area contributed by atoms with Gasteiger partial charge in [0, 0.05) is 45.3 Å². The molecule has 3 aliphatic rings. The lowest BCUT2D eigenvalue weighted by molar-refractivity contribution is -0.126. The van der Waals surface area contributed by atoms with Gasteiger partial charge < -0.3 is 28.9 Å². The highest BCUT2D eigenvalue weighted by Crippen LogP contribution is 2.32. The minimum atomic E-state index is 0.00562. The third-order valence-corrected chi connectivity index (χ3v) is 5.70. The first kappa shape index (κ1) is 19.6. The fourth-order valence-corrected chi connectivity index (χ4v) is 3.89. The van der Waals surface area contributed by atoms with Crippen molar-refractivity contribution in [1.29, 1.82) is 0 Å². The number of fused-ring (bicyclic) bond motifs is 1. The SMILES string of the molecule is O=C(/C=C/c1ccc2c(c1)OCO2)N1CCN(c2ccc(N3CCOCC3)nn2)CC1. The predicted molar refractivity (Wildman–Crippen MR) is 115 cm³/mol. The van der Waals surface area contributed by atoms with Gasteiger partial charge in [0.05, 0.1) is 13.2 Å². The van der Waals surface area contributed by atoms with Crippen molar-refractivity contribution < 1.29 is 19.0 Å². The summed E-state index contributed by atoms with van der Waals surface area (Å²) in [6.07, 6.45) is 3.43. The van der Waals surface area contributed by atoms with Crippen LogP contribution in [0.25, 0.3) is 6.08 Å². The van der Waals surface area contributed by atoms with Crippen LogP contribution in [0.15, 0.2) is 36.4 Å². The van der Waals surface area contributed by atoms with Crippen molar-refractivity contribution >= 4 is 23.6 Å². The molecule has 2 saturated heterocycles. The fraction of sp³-hybridized carbons (Fsp3) is 0.409. The maximum atomic E-state index is 12.6. The Kier molecular flexibility index (Phi) is 5.57. The number of rotatable bonds is 4. The molecule has 0 bridgehead atoms. The molecule has 0 radical (unpaired) electrons. The maximum Gasteiger partial charge on any atom is 0.246 e. The van der Waals surface area contributed by atoms with Crippen LogP contribution < -0.4 is 19.3 Å². The quantitative estimate of drug-likeness (QED) is 0.683. The predicted octanol–water partition coefficient (Wildman–Crippen LogP) is 1.40. The molecule has 5 rings (SSSR count). The molecule has 0 saturated carbocycles. The van der Waals surface area contributed by atoms with Crippen LogP contribution in [-0.2, 0) is 9.53 Å². The molecular weight excluding hydrogens is 398 g/mol. The van der Waals surface area contributed by atoms with Crippen LogP contribution in [-0.4, -0.2) is 80.3 Å². The van der Waals surface area contributed by atoms with Gasteiger partial charge in [0.1, 0.15) is 0 Å². The number of piperazine rings is 1. The maximum absolute atomic E-state index is 12.6. The molecule has 0 N–H and O–H groups in total. The van der Waals surface area contributed by atoms with Gasteiger partial charge >= 0.3 is 0 Å². The minimum Gasteiger partial charge on any atom is -0.454 e. The van der Waals surface area contributed by atoms with E-state index in [0.717, 1.165) is 62.3 Å². The van der Waals surface area contributed by atoms with E-state index in [4.69, 9.17) is 14.2 Å². The van der Waals surface area contributed by atoms with Crippen LogP contribution >= 0.6 is 0 Å². The molecular formula is C22H25N5O4. The third kappa shape index (κ3) is 4.41. The van der Waals surface area contributed by atoms with Gasteiger partial charge in [-0.05, 0) is 35.9 Å². The van der Waals surface area contributed by atoms with Crippen molar-refractivity contribution in [2.24, 2.45) is 0 Å². The van der Waals surface area contributed by atoms with E-state index in [1.807, 2.05) is 41.3 Å². The summed E-state index contributed by atoms with van der Waals surface area (Å²) < 4.78 is 16.1. The van der Waals surface area contributed by atoms with Gasteiger partial charge in [-0.25, -0.2) is 0 Å². The second-order valence-electron chi connectivity index (χ2n) is 7.61. The van der Waals surface area contributed by atoms with E-state index in [1.165, 1.54) is 0 Å². The highest BCUT2D eigenvalue weighted by molar-refractivity contribution is 5.92. The van der Waals surface area contributed by atoms with Crippen molar-refractivity contribution in [1.82, 2.24) is 15.1 Å². The molecule has 31 heavy (non-hydrogen) atoms. The van der Waals surface area contributed by atoms with E-state index in [0.29, 0.717) is 18.8 Å². The number of amides is 1. The Morgan fingerprint density at radius 1 is 0.839 bits per heavy atom. The largest absolute Gasteiger partial charge is 0.454 e. The first-order valence-electron chi connectivity index (χ1n) is 10.5. The van der Waals surface area contributed by atoms with E-state index in [2.05, 4.69) is 20.0 Å². The monoisotopic (exact) mass is 423 g/mol. The number of hydrogen-bond acceptors (Lipinski definition) is 8. The molecule has 0 atom stereocenters. The molecule has 2 fully saturated rings. The summed E-state index contributed by atoms with van der Waals surface area (Å²) in [6.45, 7) is 6.14. The Bertz CT molecular complexity index is 951. The van der Waals surface area contributed by atoms with Crippen molar-refractivity contribution in [2.75, 3.05) is 69.1 Å². The highest BCUT2D eigenvalue weighted by atomic mass is 16.7. The smallest absolute Gasteiger partial charge is 0.246 e. The van der Waals surface area contributed by atoms with Crippen LogP contribution in [0.5, 0.6) is 11.5 Å². The van der Waals surface area contributed by atoms with Gasteiger partial charge in [0.15, 0.2) is 23.1 Å². The number of benzene rings is 1. The van der Waals surface area contributed by atoms with E-state index in [-0.39, 0.29) is 12.7 Å². The van der Waals surface area contributed by atoms with Crippen molar-refractivity contribution in [3.05, 3.63) is 42.0 Å². The van der Waals surface area contributed by atoms with Gasteiger partial charge in [-0.2, -0.15) is 0 Å². The Hall–Kier alpha value is -3.33. The lowest BCUT2D eigenvalue weighted by Gasteiger charge is -2.35. The van der Waals surface area contributed by atoms with Gasteiger partial charge in [-0.3, -0.25) is 4.79 Å². The van der Waals surface area contributed by atoms with E-state index < -0.39 is 0 Å². The fourth-order valence-electron chi connectivity index (χ4n) is 3.89. The average molecular weight is 423 g/mol. The lowest BCUT2D eigenvalue weighted by atomic mass is 10.2. The second-order valence-corrected chi connectivity index (χ2v) is 7.61. The molecule has 4 heterocycles. The van der Waals surface area contributed by atoms with E-state index in [9.17, 15) is 4.79 Å². The molecule has 162 valence electrons. The molecule has 1 aromatic heterocycles. The van der Waals surface area contributed by atoms with Gasteiger partial charge in [0.2, 0.25) is 12.7 Å². The molecule has 0 aliphatic carbocycles. The third-order valence-electron chi connectivity index (χ3n) is 5.70. The van der Waals surface area contributed by atoms with Gasteiger partial charge in [-0.15, -0.1) is 10.2 Å². The first-order chi connectivity index (χ1) is 15.3. The van der Waals surface area contributed by atoms with Crippen LogP contribution in [0, 0.1) is 0 Å². The number of carbonyl (C=O) groups excluding carboxylic acids is 1. The summed E-state index contributed by atoms with van der Waals surface area (Å²) in [4.78, 5) is 18.8. The summed E-state index contributed by atoms with van der Waals surface area (Å²) in [6, 6.07) is 9.67. The molecule has 9 nitrogen and oxygen atoms in total. The molecule has 9 heteroatoms. The Balaban J connectivity index is 1.14. The molecule has 3 aliphatic heterocycles. The van der Waals surface area contributed by atoms with Crippen LogP contribution in [0.3, 0.4) is 0 Å². The number of morpholine rings is 1. The summed E-state index contributed by atoms with van der Waals surface area (Å²) in [5, 5.41) is 8.79. The second kappa shape index (κ2) is 8.81. The molecule has 0 unspecified atom stereocenters. The minimum absolute atomic E-state index is 0.00562. The van der Waals surface area contributed by atoms with E-state index in [1.54, 1.807) is 6.08 Å². The van der Waals surface area contributed by atoms with E-state index >= 15 is 0 Å². The Morgan fingerprint density at radius 2 is 1.52 bits per heavy atom. The number of carbonyl (C=O) groups is 1. The average Bonchev–Trinajstić information content (AvgIpc) is 3.31. The number of ether oxygens (including phenoxy) is 3. The number of anilines is 2. The topological polar surface area (TPSA) is 80.3 Å². The molecule has 1 aromatic carbocycles. The number of nitrogens with zero attached hydrogens (tertiary/aromatic N) is 5. The summed E-state index contributed by atoms with van der Waals surface area (Å²) in [5.41, 5.74) is 0.909. The first-order valence-corrected chi connectivity index (χ1v) is 10.5. The summed E-state index contributed by atoms with van der Waals surface area (Å²) >= 11 is 0. The molecule has 0 spiro atoms. The van der Waals surface area contributed by atoms with Crippen molar-refractivity contribution in [2.45, 2.75) is 0 Å². The standard InChI is InChI=1S/C22H25N5O4/c28-22(6-2-17-1-3-18-19(15-17)31-16-30-18)27-9-7-25(8-10-27)20-4-5-21(24-23-20)26-11-13-29-14-12-26/h1-6,15H,7-14,16H2/b6-2+. The summed E-state index contributed by atoms with van der Waals surface area (Å²) in [7, 11) is 0. The van der Waals surface area contributed by atoms with Crippen molar-refractivity contribution in [3.8, 4) is 11.5 Å². The lowest BCUT2D eigenvalue weighted by Crippen LogP contribution is -2.48. The Morgan fingerprint density at radius 3 is 2.23 bits per heavy atom. The molecule has 2 aromatic rings. The summed E-state index contributed by atoms with van der Waals surface area (Å²) in [5.74, 6) is 3.19. The number of aromatic nitrogens is 2. The zero-order chi connectivity index (χ0) is 21.0. The van der Waals surface area contributed by atoms with Crippen molar-refractivity contribution in [3.63, 3.8) is 0 Å². The molecule has 1 amide bonds. The number of hydrogen-bond donors (Lipinski definition) is 0. The van der Waals surface area contributed by atoms with Gasteiger partial charge in [0.25, 0.3) is 0 Å². The van der Waals surface area contributed by atoms with Gasteiger partial charge in [-0.1, -0.05) is 6.07 Å². The highest BCUT2D eigenvalue weighted by Gasteiger charge is 2.21. The van der Waals surface area contributed by atoms with Crippen LogP contribution in [0.1, 0.15) is 5.56 Å².